The number of ether oxygens (including phenoxy) is 2. The van der Waals surface area contributed by atoms with Gasteiger partial charge in [0.05, 0.1) is 20.0 Å². The minimum atomic E-state index is -3.91. The number of methoxy groups -OCH3 is 2. The van der Waals surface area contributed by atoms with Crippen molar-refractivity contribution in [2.45, 2.75) is 13.3 Å². The Balaban J connectivity index is 0.00000400. The molecular formula is C13H22NNaO5S. The summed E-state index contributed by atoms with van der Waals surface area (Å²) >= 11 is 0. The molecule has 0 saturated carbocycles. The Labute approximate surface area is 148 Å². The number of anilines is 1. The molecule has 0 saturated heterocycles. The minimum absolute atomic E-state index is 0. The average Bonchev–Trinajstić information content (AvgIpc) is 2.41. The first-order valence-electron chi connectivity index (χ1n) is 6.32. The van der Waals surface area contributed by atoms with Gasteiger partial charge in [-0.1, -0.05) is 0 Å². The second kappa shape index (κ2) is 9.53. The molecule has 116 valence electrons. The van der Waals surface area contributed by atoms with Crippen molar-refractivity contribution in [2.24, 2.45) is 0 Å². The van der Waals surface area contributed by atoms with Crippen LogP contribution < -0.4 is 14.4 Å². The van der Waals surface area contributed by atoms with E-state index in [4.69, 9.17) is 14.0 Å². The van der Waals surface area contributed by atoms with Crippen molar-refractivity contribution >= 4 is 45.4 Å². The summed E-state index contributed by atoms with van der Waals surface area (Å²) in [5.41, 5.74) is 0.888. The molecule has 0 aliphatic rings. The van der Waals surface area contributed by atoms with E-state index in [1.807, 2.05) is 24.0 Å². The van der Waals surface area contributed by atoms with Crippen molar-refractivity contribution in [3.8, 4) is 11.5 Å². The third-order valence-corrected chi connectivity index (χ3v) is 3.72. The molecule has 0 aliphatic carbocycles. The molecule has 0 atom stereocenters. The molecule has 0 radical (unpaired) electrons. The fraction of sp³-hybridized carbons (Fsp3) is 0.538. The first-order chi connectivity index (χ1) is 9.39. The molecule has 1 N–H and O–H groups in total. The van der Waals surface area contributed by atoms with Gasteiger partial charge in [-0.25, -0.2) is 0 Å². The summed E-state index contributed by atoms with van der Waals surface area (Å²) < 4.78 is 40.6. The van der Waals surface area contributed by atoms with Crippen molar-refractivity contribution in [3.05, 3.63) is 18.2 Å². The van der Waals surface area contributed by atoms with E-state index in [1.165, 1.54) is 0 Å². The summed E-state index contributed by atoms with van der Waals surface area (Å²) in [6.07, 6.45) is 0.353. The maximum atomic E-state index is 10.7. The molecule has 0 unspecified atom stereocenters. The van der Waals surface area contributed by atoms with Crippen LogP contribution in [0.25, 0.3) is 0 Å². The Morgan fingerprint density at radius 3 is 2.05 bits per heavy atom. The van der Waals surface area contributed by atoms with Crippen LogP contribution in [0.4, 0.5) is 5.69 Å². The number of hydrogen-bond acceptors (Lipinski definition) is 5. The van der Waals surface area contributed by atoms with Gasteiger partial charge in [0, 0.05) is 37.0 Å². The summed E-state index contributed by atoms with van der Waals surface area (Å²) in [5.74, 6) is 1.10. The molecule has 0 heterocycles. The van der Waals surface area contributed by atoms with Crippen LogP contribution in [-0.4, -0.2) is 75.6 Å². The monoisotopic (exact) mass is 327 g/mol. The first kappa shape index (κ1) is 20.5. The number of rotatable bonds is 8. The first-order valence-corrected chi connectivity index (χ1v) is 7.93. The fourth-order valence-electron chi connectivity index (χ4n) is 1.88. The summed E-state index contributed by atoms with van der Waals surface area (Å²) in [7, 11) is -0.759. The molecule has 21 heavy (non-hydrogen) atoms. The zero-order valence-electron chi connectivity index (χ0n) is 12.0. The predicted molar refractivity (Wildman–Crippen MR) is 85.6 cm³/mol. The Morgan fingerprint density at radius 2 is 1.67 bits per heavy atom. The molecule has 1 rings (SSSR count). The van der Waals surface area contributed by atoms with Crippen molar-refractivity contribution in [2.75, 3.05) is 38.0 Å². The summed E-state index contributed by atoms with van der Waals surface area (Å²) in [6.45, 7) is 3.20. The van der Waals surface area contributed by atoms with Gasteiger partial charge in [0.15, 0.2) is 0 Å². The van der Waals surface area contributed by atoms with Crippen molar-refractivity contribution in [3.63, 3.8) is 0 Å². The molecule has 6 nitrogen and oxygen atoms in total. The number of benzene rings is 1. The van der Waals surface area contributed by atoms with Crippen LogP contribution in [0.1, 0.15) is 13.3 Å². The standard InChI is InChI=1S/C13H21NO5S.Na.H/c1-4-14(6-5-7-20(15,16)17)11-8-12(18-2)10-13(9-11)19-3;;/h8-10H,4-7H2,1-3H3,(H,15,16,17);;. The molecular weight excluding hydrogens is 305 g/mol. The normalized spacial score (nSPS) is 10.7. The number of hydrogen-bond donors (Lipinski definition) is 1. The molecule has 8 heteroatoms. The van der Waals surface area contributed by atoms with Gasteiger partial charge in [-0.15, -0.1) is 0 Å². The van der Waals surface area contributed by atoms with Gasteiger partial charge < -0.3 is 14.4 Å². The van der Waals surface area contributed by atoms with E-state index in [0.717, 1.165) is 5.69 Å². The molecule has 0 amide bonds. The van der Waals surface area contributed by atoms with E-state index in [9.17, 15) is 8.42 Å². The topological polar surface area (TPSA) is 76.1 Å². The van der Waals surface area contributed by atoms with Gasteiger partial charge in [0.25, 0.3) is 10.1 Å². The van der Waals surface area contributed by atoms with E-state index in [2.05, 4.69) is 0 Å². The van der Waals surface area contributed by atoms with Crippen molar-refractivity contribution in [1.29, 1.82) is 0 Å². The quantitative estimate of drug-likeness (QED) is 0.570. The van der Waals surface area contributed by atoms with Crippen molar-refractivity contribution in [1.82, 2.24) is 0 Å². The Morgan fingerprint density at radius 1 is 1.14 bits per heavy atom. The number of nitrogens with zero attached hydrogens (tertiary/aromatic N) is 1. The fourth-order valence-corrected chi connectivity index (χ4v) is 2.38. The Bertz CT molecular complexity index is 513. The van der Waals surface area contributed by atoms with Gasteiger partial charge in [0.1, 0.15) is 11.5 Å². The Hall–Kier alpha value is -0.470. The van der Waals surface area contributed by atoms with E-state index < -0.39 is 10.1 Å². The molecule has 0 aromatic heterocycles. The van der Waals surface area contributed by atoms with Crippen LogP contribution in [0.3, 0.4) is 0 Å². The second-order valence-corrected chi connectivity index (χ2v) is 5.86. The molecule has 0 aliphatic heterocycles. The van der Waals surface area contributed by atoms with Gasteiger partial charge in [-0.2, -0.15) is 8.42 Å². The second-order valence-electron chi connectivity index (χ2n) is 4.29. The Kier molecular flexibility index (Phi) is 9.31. The maximum absolute atomic E-state index is 10.7. The van der Waals surface area contributed by atoms with Crippen LogP contribution in [0.5, 0.6) is 11.5 Å². The molecule has 0 fully saturated rings. The van der Waals surface area contributed by atoms with Gasteiger partial charge >= 0.3 is 29.6 Å². The van der Waals surface area contributed by atoms with Gasteiger partial charge in [-0.05, 0) is 13.3 Å². The molecule has 0 spiro atoms. The summed E-state index contributed by atoms with van der Waals surface area (Å²) in [6, 6.07) is 5.49. The van der Waals surface area contributed by atoms with Crippen LogP contribution in [-0.2, 0) is 10.1 Å². The molecule has 0 bridgehead atoms. The van der Waals surface area contributed by atoms with E-state index in [0.29, 0.717) is 31.0 Å². The van der Waals surface area contributed by atoms with Crippen LogP contribution in [0.2, 0.25) is 0 Å². The van der Waals surface area contributed by atoms with Crippen LogP contribution in [0.15, 0.2) is 18.2 Å². The van der Waals surface area contributed by atoms with Crippen LogP contribution >= 0.6 is 0 Å². The van der Waals surface area contributed by atoms with Gasteiger partial charge in [0.2, 0.25) is 0 Å². The zero-order valence-corrected chi connectivity index (χ0v) is 12.8. The third kappa shape index (κ3) is 7.37. The summed E-state index contributed by atoms with van der Waals surface area (Å²) in [5, 5.41) is 0. The summed E-state index contributed by atoms with van der Waals surface area (Å²) in [4.78, 5) is 2.00. The van der Waals surface area contributed by atoms with E-state index >= 15 is 0 Å². The molecule has 1 aromatic rings. The van der Waals surface area contributed by atoms with Crippen molar-refractivity contribution < 1.29 is 22.4 Å². The molecule has 1 aromatic carbocycles. The van der Waals surface area contributed by atoms with E-state index in [-0.39, 0.29) is 35.3 Å². The van der Waals surface area contributed by atoms with Crippen LogP contribution in [0, 0.1) is 0 Å². The average molecular weight is 327 g/mol. The zero-order chi connectivity index (χ0) is 15.2. The van der Waals surface area contributed by atoms with E-state index in [1.54, 1.807) is 20.3 Å². The third-order valence-electron chi connectivity index (χ3n) is 2.91. The predicted octanol–water partition coefficient (Wildman–Crippen LogP) is 1.16. The van der Waals surface area contributed by atoms with Gasteiger partial charge in [-0.3, -0.25) is 4.55 Å². The SMILES string of the molecule is CCN(CCCS(=O)(=O)O)c1cc(OC)cc(OC)c1.[NaH].